The minimum atomic E-state index is 0.450. The van der Waals surface area contributed by atoms with Crippen LogP contribution >= 0.6 is 27.5 Å². The van der Waals surface area contributed by atoms with Gasteiger partial charge in [0.05, 0.1) is 5.02 Å². The molecule has 0 heterocycles. The van der Waals surface area contributed by atoms with Gasteiger partial charge >= 0.3 is 0 Å². The molecule has 0 spiro atoms. The van der Waals surface area contributed by atoms with Crippen LogP contribution in [0.3, 0.4) is 0 Å². The molecule has 0 radical (unpaired) electrons. The van der Waals surface area contributed by atoms with Crippen molar-refractivity contribution >= 4 is 27.5 Å². The van der Waals surface area contributed by atoms with E-state index in [4.69, 9.17) is 11.6 Å². The highest BCUT2D eigenvalue weighted by atomic mass is 79.9. The van der Waals surface area contributed by atoms with Crippen LogP contribution in [0.5, 0.6) is 0 Å². The van der Waals surface area contributed by atoms with E-state index in [1.807, 2.05) is 6.07 Å². The third-order valence-corrected chi connectivity index (χ3v) is 5.77. The number of benzene rings is 1. The monoisotopic (exact) mass is 343 g/mol. The average Bonchev–Trinajstić information content (AvgIpc) is 2.44. The lowest BCUT2D eigenvalue weighted by Crippen LogP contribution is -2.28. The van der Waals surface area contributed by atoms with E-state index in [0.717, 1.165) is 21.3 Å². The first-order valence-electron chi connectivity index (χ1n) is 7.28. The van der Waals surface area contributed by atoms with Crippen molar-refractivity contribution in [2.75, 3.05) is 7.05 Å². The normalized spacial score (nSPS) is 25.3. The molecule has 19 heavy (non-hydrogen) atoms. The molecular weight excluding hydrogens is 322 g/mol. The number of rotatable bonds is 4. The van der Waals surface area contributed by atoms with Gasteiger partial charge < -0.3 is 5.32 Å². The van der Waals surface area contributed by atoms with E-state index in [0.29, 0.717) is 6.04 Å². The second kappa shape index (κ2) is 7.10. The zero-order valence-corrected chi connectivity index (χ0v) is 14.1. The Labute approximate surface area is 130 Å². The summed E-state index contributed by atoms with van der Waals surface area (Å²) in [7, 11) is 2.07. The van der Waals surface area contributed by atoms with Crippen molar-refractivity contribution < 1.29 is 0 Å². The molecule has 0 saturated heterocycles. The fourth-order valence-electron chi connectivity index (χ4n) is 3.31. The van der Waals surface area contributed by atoms with Crippen LogP contribution in [0.15, 0.2) is 22.7 Å². The van der Waals surface area contributed by atoms with Crippen molar-refractivity contribution in [2.24, 2.45) is 11.8 Å². The van der Waals surface area contributed by atoms with E-state index < -0.39 is 0 Å². The Morgan fingerprint density at radius 1 is 1.32 bits per heavy atom. The molecule has 1 unspecified atom stereocenters. The number of halogens is 2. The quantitative estimate of drug-likeness (QED) is 0.752. The van der Waals surface area contributed by atoms with Crippen LogP contribution in [0.4, 0.5) is 0 Å². The summed E-state index contributed by atoms with van der Waals surface area (Å²) < 4.78 is 0.995. The zero-order valence-electron chi connectivity index (χ0n) is 11.8. The molecule has 0 amide bonds. The molecule has 1 N–H and O–H groups in total. The minimum Gasteiger partial charge on any atom is -0.313 e. The van der Waals surface area contributed by atoms with Gasteiger partial charge in [0.15, 0.2) is 0 Å². The standard InChI is InChI=1S/C16H23BrClN/c1-3-11-4-6-12(7-5-11)16(19-2)13-8-9-15(18)14(17)10-13/h8-12,16,19H,3-7H2,1-2H3. The van der Waals surface area contributed by atoms with E-state index in [2.05, 4.69) is 47.4 Å². The van der Waals surface area contributed by atoms with Gasteiger partial charge in [-0.05, 0) is 65.4 Å². The van der Waals surface area contributed by atoms with Gasteiger partial charge in [-0.15, -0.1) is 0 Å². The van der Waals surface area contributed by atoms with E-state index in [1.54, 1.807) is 0 Å². The molecule has 0 aliphatic heterocycles. The van der Waals surface area contributed by atoms with Crippen LogP contribution in [-0.4, -0.2) is 7.05 Å². The summed E-state index contributed by atoms with van der Waals surface area (Å²) in [5.41, 5.74) is 1.35. The van der Waals surface area contributed by atoms with Crippen LogP contribution in [0, 0.1) is 11.8 Å². The van der Waals surface area contributed by atoms with Crippen molar-refractivity contribution in [3.05, 3.63) is 33.3 Å². The predicted octanol–water partition coefficient (Wildman–Crippen LogP) is 5.58. The third-order valence-electron chi connectivity index (χ3n) is 4.55. The average molecular weight is 345 g/mol. The molecule has 1 aromatic carbocycles. The van der Waals surface area contributed by atoms with Crippen LogP contribution in [0.25, 0.3) is 0 Å². The Hall–Kier alpha value is -0.0500. The molecule has 106 valence electrons. The van der Waals surface area contributed by atoms with E-state index in [1.165, 1.54) is 37.7 Å². The van der Waals surface area contributed by atoms with Crippen molar-refractivity contribution in [1.29, 1.82) is 0 Å². The van der Waals surface area contributed by atoms with Gasteiger partial charge in [0.1, 0.15) is 0 Å². The van der Waals surface area contributed by atoms with E-state index in [9.17, 15) is 0 Å². The summed E-state index contributed by atoms with van der Waals surface area (Å²) in [6.45, 7) is 2.32. The summed E-state index contributed by atoms with van der Waals surface area (Å²) in [6.07, 6.45) is 6.78. The molecule has 0 bridgehead atoms. The second-order valence-electron chi connectivity index (χ2n) is 5.63. The number of hydrogen-bond donors (Lipinski definition) is 1. The predicted molar refractivity (Wildman–Crippen MR) is 86.7 cm³/mol. The van der Waals surface area contributed by atoms with Gasteiger partial charge in [-0.3, -0.25) is 0 Å². The highest BCUT2D eigenvalue weighted by Crippen LogP contribution is 2.38. The molecule has 0 aromatic heterocycles. The fraction of sp³-hybridized carbons (Fsp3) is 0.625. The zero-order chi connectivity index (χ0) is 13.8. The lowest BCUT2D eigenvalue weighted by atomic mass is 9.76. The first-order valence-corrected chi connectivity index (χ1v) is 8.45. The molecule has 1 aliphatic rings. The lowest BCUT2D eigenvalue weighted by Gasteiger charge is -2.34. The summed E-state index contributed by atoms with van der Waals surface area (Å²) >= 11 is 9.61. The van der Waals surface area contributed by atoms with Crippen molar-refractivity contribution in [3.8, 4) is 0 Å². The maximum atomic E-state index is 6.08. The SMILES string of the molecule is CCC1CCC(C(NC)c2ccc(Cl)c(Br)c2)CC1. The topological polar surface area (TPSA) is 12.0 Å². The lowest BCUT2D eigenvalue weighted by molar-refractivity contribution is 0.224. The van der Waals surface area contributed by atoms with Gasteiger partial charge in [-0.2, -0.15) is 0 Å². The summed E-state index contributed by atoms with van der Waals surface area (Å²) in [5.74, 6) is 1.70. The maximum Gasteiger partial charge on any atom is 0.0548 e. The highest BCUT2D eigenvalue weighted by Gasteiger charge is 2.27. The van der Waals surface area contributed by atoms with Crippen molar-refractivity contribution in [3.63, 3.8) is 0 Å². The van der Waals surface area contributed by atoms with Crippen molar-refractivity contribution in [1.82, 2.24) is 5.32 Å². The van der Waals surface area contributed by atoms with Gasteiger partial charge in [0.2, 0.25) is 0 Å². The number of nitrogens with one attached hydrogen (secondary N) is 1. The Morgan fingerprint density at radius 3 is 2.53 bits per heavy atom. The van der Waals surface area contributed by atoms with Crippen LogP contribution in [0.2, 0.25) is 5.02 Å². The molecule has 1 aromatic rings. The molecule has 1 atom stereocenters. The molecule has 2 rings (SSSR count). The molecule has 3 heteroatoms. The Kier molecular flexibility index (Phi) is 5.73. The first kappa shape index (κ1) is 15.3. The molecular formula is C16H23BrClN. The Balaban J connectivity index is 2.09. The molecule has 1 aliphatic carbocycles. The third kappa shape index (κ3) is 3.74. The molecule has 1 nitrogen and oxygen atoms in total. The summed E-state index contributed by atoms with van der Waals surface area (Å²) in [5, 5.41) is 4.29. The van der Waals surface area contributed by atoms with Crippen LogP contribution in [0.1, 0.15) is 50.6 Å². The van der Waals surface area contributed by atoms with Gasteiger partial charge in [0.25, 0.3) is 0 Å². The van der Waals surface area contributed by atoms with Crippen LogP contribution in [-0.2, 0) is 0 Å². The fourth-order valence-corrected chi connectivity index (χ4v) is 3.82. The summed E-state index contributed by atoms with van der Waals surface area (Å²) in [4.78, 5) is 0. The van der Waals surface area contributed by atoms with E-state index in [-0.39, 0.29) is 0 Å². The molecule has 1 fully saturated rings. The van der Waals surface area contributed by atoms with Crippen LogP contribution < -0.4 is 5.32 Å². The summed E-state index contributed by atoms with van der Waals surface area (Å²) in [6, 6.07) is 6.75. The largest absolute Gasteiger partial charge is 0.313 e. The number of hydrogen-bond acceptors (Lipinski definition) is 1. The van der Waals surface area contributed by atoms with Crippen molar-refractivity contribution in [2.45, 2.75) is 45.1 Å². The van der Waals surface area contributed by atoms with E-state index >= 15 is 0 Å². The van der Waals surface area contributed by atoms with Gasteiger partial charge in [-0.1, -0.05) is 43.9 Å². The molecule has 1 saturated carbocycles. The maximum absolute atomic E-state index is 6.08. The van der Waals surface area contributed by atoms with Gasteiger partial charge in [-0.25, -0.2) is 0 Å². The highest BCUT2D eigenvalue weighted by molar-refractivity contribution is 9.10. The smallest absolute Gasteiger partial charge is 0.0548 e. The minimum absolute atomic E-state index is 0.450. The Morgan fingerprint density at radius 2 is 2.00 bits per heavy atom. The Bertz CT molecular complexity index is 413. The first-order chi connectivity index (χ1) is 9.15. The second-order valence-corrected chi connectivity index (χ2v) is 6.89. The van der Waals surface area contributed by atoms with Gasteiger partial charge in [0, 0.05) is 10.5 Å².